The van der Waals surface area contributed by atoms with E-state index >= 15 is 0 Å². The summed E-state index contributed by atoms with van der Waals surface area (Å²) >= 11 is 0. The normalized spacial score (nSPS) is 19.9. The zero-order valence-corrected chi connectivity index (χ0v) is 14.8. The van der Waals surface area contributed by atoms with Crippen LogP contribution in [0.1, 0.15) is 49.8 Å². The SMILES string of the molecule is Cc1cc2c(cc1C=Nc1ccccc1)[C@@H](C)CC(C)(C)N2C. The number of anilines is 1. The fraction of sp³-hybridized carbons (Fsp3) is 0.381. The van der Waals surface area contributed by atoms with Crippen molar-refractivity contribution in [1.82, 2.24) is 0 Å². The van der Waals surface area contributed by atoms with E-state index in [0.717, 1.165) is 5.69 Å². The monoisotopic (exact) mass is 306 g/mol. The lowest BCUT2D eigenvalue weighted by Gasteiger charge is -2.45. The molecular formula is C21H26N2. The van der Waals surface area contributed by atoms with Gasteiger partial charge in [-0.05, 0) is 74.1 Å². The highest BCUT2D eigenvalue weighted by Crippen LogP contribution is 2.43. The molecule has 0 aromatic heterocycles. The fourth-order valence-electron chi connectivity index (χ4n) is 3.53. The molecule has 2 aromatic carbocycles. The molecule has 1 heterocycles. The third kappa shape index (κ3) is 3.03. The number of hydrogen-bond acceptors (Lipinski definition) is 2. The number of nitrogens with zero attached hydrogens (tertiary/aromatic N) is 2. The summed E-state index contributed by atoms with van der Waals surface area (Å²) in [5.41, 5.74) is 6.50. The molecule has 0 amide bonds. The van der Waals surface area contributed by atoms with Crippen LogP contribution in [0.3, 0.4) is 0 Å². The quantitative estimate of drug-likeness (QED) is 0.672. The number of aliphatic imine (C=N–C) groups is 1. The van der Waals surface area contributed by atoms with Crippen molar-refractivity contribution in [2.45, 2.75) is 45.6 Å². The summed E-state index contributed by atoms with van der Waals surface area (Å²) in [5.74, 6) is 0.570. The highest BCUT2D eigenvalue weighted by molar-refractivity contribution is 5.85. The molecule has 2 aromatic rings. The number of benzene rings is 2. The van der Waals surface area contributed by atoms with Crippen LogP contribution in [0.5, 0.6) is 0 Å². The van der Waals surface area contributed by atoms with Crippen molar-refractivity contribution in [1.29, 1.82) is 0 Å². The zero-order valence-electron chi connectivity index (χ0n) is 14.8. The first kappa shape index (κ1) is 15.8. The molecule has 2 nitrogen and oxygen atoms in total. The Morgan fingerprint density at radius 3 is 2.57 bits per heavy atom. The number of aryl methyl sites for hydroxylation is 1. The first-order valence-electron chi connectivity index (χ1n) is 8.36. The van der Waals surface area contributed by atoms with Crippen LogP contribution in [0.2, 0.25) is 0 Å². The molecule has 0 N–H and O–H groups in total. The van der Waals surface area contributed by atoms with E-state index in [9.17, 15) is 0 Å². The molecule has 0 fully saturated rings. The summed E-state index contributed by atoms with van der Waals surface area (Å²) < 4.78 is 0. The molecule has 0 saturated carbocycles. The summed E-state index contributed by atoms with van der Waals surface area (Å²) in [7, 11) is 2.21. The van der Waals surface area contributed by atoms with Gasteiger partial charge in [0.05, 0.1) is 5.69 Å². The van der Waals surface area contributed by atoms with E-state index in [2.05, 4.69) is 56.8 Å². The van der Waals surface area contributed by atoms with Crippen molar-refractivity contribution >= 4 is 17.6 Å². The highest BCUT2D eigenvalue weighted by atomic mass is 15.2. The maximum Gasteiger partial charge on any atom is 0.0629 e. The van der Waals surface area contributed by atoms with E-state index in [1.807, 2.05) is 36.5 Å². The van der Waals surface area contributed by atoms with Crippen LogP contribution in [0, 0.1) is 6.92 Å². The lowest BCUT2D eigenvalue weighted by Crippen LogP contribution is -2.45. The van der Waals surface area contributed by atoms with Gasteiger partial charge in [0.1, 0.15) is 0 Å². The Labute approximate surface area is 139 Å². The standard InChI is InChI=1S/C21H26N2/c1-15-11-20-19(16(2)13-21(3,4)23(20)5)12-17(15)14-22-18-9-7-6-8-10-18/h6-12,14,16H,13H2,1-5H3/t16-/m0/s1. The molecule has 0 unspecified atom stereocenters. The average Bonchev–Trinajstić information content (AvgIpc) is 2.52. The predicted octanol–water partition coefficient (Wildman–Crippen LogP) is 5.47. The Hall–Kier alpha value is -2.09. The minimum absolute atomic E-state index is 0.207. The molecule has 120 valence electrons. The maximum atomic E-state index is 4.62. The van der Waals surface area contributed by atoms with Gasteiger partial charge in [0.25, 0.3) is 0 Å². The minimum atomic E-state index is 0.207. The van der Waals surface area contributed by atoms with Gasteiger partial charge >= 0.3 is 0 Å². The summed E-state index contributed by atoms with van der Waals surface area (Å²) in [6.45, 7) is 9.16. The number of rotatable bonds is 2. The molecule has 0 aliphatic carbocycles. The van der Waals surface area contributed by atoms with Crippen LogP contribution in [-0.4, -0.2) is 18.8 Å². The van der Waals surface area contributed by atoms with Gasteiger partial charge in [-0.2, -0.15) is 0 Å². The average molecular weight is 306 g/mol. The zero-order chi connectivity index (χ0) is 16.6. The predicted molar refractivity (Wildman–Crippen MR) is 100 cm³/mol. The Balaban J connectivity index is 1.99. The molecule has 3 rings (SSSR count). The topological polar surface area (TPSA) is 15.6 Å². The van der Waals surface area contributed by atoms with Crippen LogP contribution in [-0.2, 0) is 0 Å². The van der Waals surface area contributed by atoms with Gasteiger partial charge in [0.15, 0.2) is 0 Å². The van der Waals surface area contributed by atoms with Gasteiger partial charge in [-0.25, -0.2) is 0 Å². The van der Waals surface area contributed by atoms with Gasteiger partial charge in [-0.1, -0.05) is 25.1 Å². The number of fused-ring (bicyclic) bond motifs is 1. The van der Waals surface area contributed by atoms with Crippen molar-refractivity contribution in [3.8, 4) is 0 Å². The largest absolute Gasteiger partial charge is 0.369 e. The van der Waals surface area contributed by atoms with Gasteiger partial charge in [-0.3, -0.25) is 4.99 Å². The van der Waals surface area contributed by atoms with Crippen molar-refractivity contribution in [2.24, 2.45) is 4.99 Å². The third-order valence-corrected chi connectivity index (χ3v) is 5.13. The molecule has 0 radical (unpaired) electrons. The Morgan fingerprint density at radius 1 is 1.17 bits per heavy atom. The van der Waals surface area contributed by atoms with E-state index in [1.165, 1.54) is 28.8 Å². The third-order valence-electron chi connectivity index (χ3n) is 5.13. The molecule has 23 heavy (non-hydrogen) atoms. The van der Waals surface area contributed by atoms with Gasteiger partial charge < -0.3 is 4.90 Å². The van der Waals surface area contributed by atoms with Crippen LogP contribution >= 0.6 is 0 Å². The second kappa shape index (κ2) is 5.84. The second-order valence-electron chi connectivity index (χ2n) is 7.34. The molecule has 1 atom stereocenters. The lowest BCUT2D eigenvalue weighted by atomic mass is 9.79. The summed E-state index contributed by atoms with van der Waals surface area (Å²) in [5, 5.41) is 0. The second-order valence-corrected chi connectivity index (χ2v) is 7.34. The van der Waals surface area contributed by atoms with E-state index in [4.69, 9.17) is 0 Å². The van der Waals surface area contributed by atoms with Crippen molar-refractivity contribution < 1.29 is 0 Å². The summed E-state index contributed by atoms with van der Waals surface area (Å²) in [6, 6.07) is 14.8. The van der Waals surface area contributed by atoms with Crippen LogP contribution < -0.4 is 4.90 Å². The molecule has 1 aliphatic heterocycles. The van der Waals surface area contributed by atoms with Crippen molar-refractivity contribution in [3.05, 3.63) is 59.2 Å². The molecule has 0 spiro atoms. The van der Waals surface area contributed by atoms with E-state index in [1.54, 1.807) is 0 Å². The number of para-hydroxylation sites is 1. The van der Waals surface area contributed by atoms with E-state index < -0.39 is 0 Å². The summed E-state index contributed by atoms with van der Waals surface area (Å²) in [6.07, 6.45) is 3.17. The lowest BCUT2D eigenvalue weighted by molar-refractivity contribution is 0.395. The number of hydrogen-bond donors (Lipinski definition) is 0. The Bertz CT molecular complexity index is 729. The van der Waals surface area contributed by atoms with Crippen molar-refractivity contribution in [3.63, 3.8) is 0 Å². The first-order valence-corrected chi connectivity index (χ1v) is 8.36. The van der Waals surface area contributed by atoms with Gasteiger partial charge in [0, 0.05) is 24.5 Å². The molecule has 2 heteroatoms. The fourth-order valence-corrected chi connectivity index (χ4v) is 3.53. The molecular weight excluding hydrogens is 280 g/mol. The molecule has 1 aliphatic rings. The maximum absolute atomic E-state index is 4.62. The van der Waals surface area contributed by atoms with E-state index in [0.29, 0.717) is 5.92 Å². The van der Waals surface area contributed by atoms with Crippen LogP contribution in [0.4, 0.5) is 11.4 Å². The smallest absolute Gasteiger partial charge is 0.0629 e. The van der Waals surface area contributed by atoms with Gasteiger partial charge in [0.2, 0.25) is 0 Å². The Morgan fingerprint density at radius 2 is 1.87 bits per heavy atom. The van der Waals surface area contributed by atoms with E-state index in [-0.39, 0.29) is 5.54 Å². The summed E-state index contributed by atoms with van der Waals surface area (Å²) in [4.78, 5) is 7.04. The first-order chi connectivity index (χ1) is 10.9. The molecule has 0 saturated heterocycles. The van der Waals surface area contributed by atoms with Crippen molar-refractivity contribution in [2.75, 3.05) is 11.9 Å². The van der Waals surface area contributed by atoms with Crippen LogP contribution in [0.15, 0.2) is 47.5 Å². The van der Waals surface area contributed by atoms with Gasteiger partial charge in [-0.15, -0.1) is 0 Å². The highest BCUT2D eigenvalue weighted by Gasteiger charge is 2.34. The minimum Gasteiger partial charge on any atom is -0.369 e. The Kier molecular flexibility index (Phi) is 4.01. The molecule has 0 bridgehead atoms. The van der Waals surface area contributed by atoms with Crippen LogP contribution in [0.25, 0.3) is 0 Å².